The van der Waals surface area contributed by atoms with Gasteiger partial charge in [0.05, 0.1) is 12.6 Å². The number of fused-ring (bicyclic) bond motifs is 1. The fourth-order valence-corrected chi connectivity index (χ4v) is 4.99. The molecule has 0 radical (unpaired) electrons. The van der Waals surface area contributed by atoms with Crippen molar-refractivity contribution >= 4 is 28.5 Å². The average Bonchev–Trinajstić information content (AvgIpc) is 3.37. The van der Waals surface area contributed by atoms with E-state index in [1.54, 1.807) is 53.1 Å². The van der Waals surface area contributed by atoms with Gasteiger partial charge in [-0.2, -0.15) is 0 Å². The maximum Gasteiger partial charge on any atom is 0.247 e. The minimum Gasteiger partial charge on any atom is -0.497 e. The summed E-state index contributed by atoms with van der Waals surface area (Å²) in [6, 6.07) is 19.7. The van der Waals surface area contributed by atoms with E-state index in [2.05, 4.69) is 27.8 Å². The number of anilines is 1. The molecule has 39 heavy (non-hydrogen) atoms. The molecule has 0 spiro atoms. The number of ether oxygens (including phenoxy) is 1. The summed E-state index contributed by atoms with van der Waals surface area (Å²) >= 11 is 0. The van der Waals surface area contributed by atoms with Gasteiger partial charge in [0, 0.05) is 12.2 Å². The van der Waals surface area contributed by atoms with E-state index < -0.39 is 6.04 Å². The average molecular weight is 528 g/mol. The lowest BCUT2D eigenvalue weighted by Gasteiger charge is -2.37. The quantitative estimate of drug-likeness (QED) is 0.311. The molecule has 1 heterocycles. The van der Waals surface area contributed by atoms with Crippen LogP contribution in [-0.4, -0.2) is 44.9 Å². The van der Waals surface area contributed by atoms with Crippen LogP contribution in [0, 0.1) is 11.7 Å². The Kier molecular flexibility index (Phi) is 7.96. The molecule has 5 rings (SSSR count). The van der Waals surface area contributed by atoms with E-state index in [0.717, 1.165) is 23.9 Å². The van der Waals surface area contributed by atoms with Gasteiger partial charge in [-0.25, -0.2) is 9.07 Å². The van der Waals surface area contributed by atoms with Crippen LogP contribution in [0.2, 0.25) is 0 Å². The number of carbonyl (C=O) groups excluding carboxylic acids is 2. The zero-order chi connectivity index (χ0) is 27.2. The Balaban J connectivity index is 1.49. The van der Waals surface area contributed by atoms with E-state index in [-0.39, 0.29) is 36.6 Å². The first kappa shape index (κ1) is 26.1. The molecule has 200 valence electrons. The summed E-state index contributed by atoms with van der Waals surface area (Å²) in [4.78, 5) is 29.5. The van der Waals surface area contributed by atoms with Gasteiger partial charge in [0.15, 0.2) is 0 Å². The van der Waals surface area contributed by atoms with Gasteiger partial charge in [0.1, 0.15) is 29.7 Å². The standard InChI is InChI=1S/C30H30FN5O3/c1-39-25-17-15-24(16-18-25)32-30(38)29(22-7-3-2-4-8-22)35(19-21-11-13-23(31)14-12-21)28(37)20-36-27-10-6-5-9-26(27)33-34-36/h2-3,5-6,9-18,22,29H,4,7-8,19-20H2,1H3,(H,32,38)/t22-,29-/m1/s1. The third-order valence-corrected chi connectivity index (χ3v) is 7.01. The number of allylic oxidation sites excluding steroid dienone is 2. The van der Waals surface area contributed by atoms with Gasteiger partial charge >= 0.3 is 0 Å². The smallest absolute Gasteiger partial charge is 0.247 e. The van der Waals surface area contributed by atoms with Gasteiger partial charge in [-0.15, -0.1) is 5.10 Å². The Hall–Kier alpha value is -4.53. The van der Waals surface area contributed by atoms with E-state index in [1.807, 2.05) is 24.3 Å². The summed E-state index contributed by atoms with van der Waals surface area (Å²) < 4.78 is 20.5. The Labute approximate surface area is 226 Å². The van der Waals surface area contributed by atoms with Crippen molar-refractivity contribution in [2.45, 2.75) is 38.4 Å². The minimum absolute atomic E-state index is 0.0867. The molecule has 4 aromatic rings. The molecule has 1 aromatic heterocycles. The number of benzene rings is 3. The van der Waals surface area contributed by atoms with Crippen molar-refractivity contribution in [1.82, 2.24) is 19.9 Å². The van der Waals surface area contributed by atoms with E-state index >= 15 is 0 Å². The lowest BCUT2D eigenvalue weighted by Crippen LogP contribution is -2.52. The van der Waals surface area contributed by atoms with Crippen molar-refractivity contribution in [2.75, 3.05) is 12.4 Å². The van der Waals surface area contributed by atoms with Gasteiger partial charge in [0.25, 0.3) is 0 Å². The monoisotopic (exact) mass is 527 g/mol. The third kappa shape index (κ3) is 6.14. The summed E-state index contributed by atoms with van der Waals surface area (Å²) in [5.41, 5.74) is 2.74. The second-order valence-electron chi connectivity index (χ2n) is 9.59. The second-order valence-corrected chi connectivity index (χ2v) is 9.59. The Morgan fingerprint density at radius 3 is 2.56 bits per heavy atom. The number of hydrogen-bond acceptors (Lipinski definition) is 5. The molecule has 9 heteroatoms. The molecule has 0 aliphatic heterocycles. The molecule has 1 aliphatic carbocycles. The number of nitrogens with zero attached hydrogens (tertiary/aromatic N) is 4. The topological polar surface area (TPSA) is 89.4 Å². The molecule has 0 saturated heterocycles. The van der Waals surface area contributed by atoms with Crippen molar-refractivity contribution in [2.24, 2.45) is 5.92 Å². The minimum atomic E-state index is -0.760. The second kappa shape index (κ2) is 11.9. The van der Waals surface area contributed by atoms with Crippen LogP contribution in [0.4, 0.5) is 10.1 Å². The van der Waals surface area contributed by atoms with Gasteiger partial charge in [0.2, 0.25) is 11.8 Å². The first-order valence-electron chi connectivity index (χ1n) is 12.9. The van der Waals surface area contributed by atoms with E-state index in [0.29, 0.717) is 23.4 Å². The first-order chi connectivity index (χ1) is 19.0. The highest BCUT2D eigenvalue weighted by molar-refractivity contribution is 5.97. The van der Waals surface area contributed by atoms with Crippen LogP contribution in [0.15, 0.2) is 84.9 Å². The Bertz CT molecular complexity index is 1470. The molecule has 8 nitrogen and oxygen atoms in total. The Morgan fingerprint density at radius 2 is 1.85 bits per heavy atom. The van der Waals surface area contributed by atoms with Crippen molar-refractivity contribution < 1.29 is 18.7 Å². The van der Waals surface area contributed by atoms with Crippen LogP contribution < -0.4 is 10.1 Å². The molecular weight excluding hydrogens is 497 g/mol. The molecule has 0 saturated carbocycles. The summed E-state index contributed by atoms with van der Waals surface area (Å²) in [7, 11) is 1.58. The van der Waals surface area contributed by atoms with Crippen molar-refractivity contribution in [3.63, 3.8) is 0 Å². The van der Waals surface area contributed by atoms with E-state index in [4.69, 9.17) is 4.74 Å². The van der Waals surface area contributed by atoms with Crippen molar-refractivity contribution in [3.8, 4) is 5.75 Å². The van der Waals surface area contributed by atoms with Crippen LogP contribution in [0.25, 0.3) is 11.0 Å². The Morgan fingerprint density at radius 1 is 1.08 bits per heavy atom. The lowest BCUT2D eigenvalue weighted by atomic mass is 9.85. The molecule has 2 amide bonds. The molecule has 2 atom stereocenters. The fraction of sp³-hybridized carbons (Fsp3) is 0.267. The number of nitrogens with one attached hydrogen (secondary N) is 1. The highest BCUT2D eigenvalue weighted by Crippen LogP contribution is 2.29. The largest absolute Gasteiger partial charge is 0.497 e. The predicted molar refractivity (Wildman–Crippen MR) is 146 cm³/mol. The van der Waals surface area contributed by atoms with Crippen LogP contribution in [0.3, 0.4) is 0 Å². The third-order valence-electron chi connectivity index (χ3n) is 7.01. The molecule has 1 aliphatic rings. The molecule has 0 fully saturated rings. The summed E-state index contributed by atoms with van der Waals surface area (Å²) in [6.45, 7) is 0.0588. The lowest BCUT2D eigenvalue weighted by molar-refractivity contribution is -0.142. The van der Waals surface area contributed by atoms with Gasteiger partial charge in [-0.3, -0.25) is 9.59 Å². The number of hydrogen-bond donors (Lipinski definition) is 1. The van der Waals surface area contributed by atoms with Gasteiger partial charge in [-0.1, -0.05) is 41.6 Å². The molecule has 3 aromatic carbocycles. The number of para-hydroxylation sites is 1. The van der Waals surface area contributed by atoms with Gasteiger partial charge < -0.3 is 15.0 Å². The highest BCUT2D eigenvalue weighted by atomic mass is 19.1. The highest BCUT2D eigenvalue weighted by Gasteiger charge is 2.37. The van der Waals surface area contributed by atoms with Crippen LogP contribution >= 0.6 is 0 Å². The number of methoxy groups -OCH3 is 1. The molecular formula is C30H30FN5O3. The molecule has 0 bridgehead atoms. The molecule has 0 unspecified atom stereocenters. The van der Waals surface area contributed by atoms with Crippen LogP contribution in [-0.2, 0) is 22.7 Å². The summed E-state index contributed by atoms with van der Waals surface area (Å²) in [5, 5.41) is 11.4. The number of halogens is 1. The fourth-order valence-electron chi connectivity index (χ4n) is 4.99. The number of aromatic nitrogens is 3. The van der Waals surface area contributed by atoms with Crippen molar-refractivity contribution in [1.29, 1.82) is 0 Å². The van der Waals surface area contributed by atoms with Crippen LogP contribution in [0.1, 0.15) is 24.8 Å². The SMILES string of the molecule is COc1ccc(NC(=O)[C@@H]([C@@H]2CC=CCC2)N(Cc2ccc(F)cc2)C(=O)Cn2nnc3ccccc32)cc1. The molecule has 1 N–H and O–H groups in total. The predicted octanol–water partition coefficient (Wildman–Crippen LogP) is 4.97. The number of rotatable bonds is 9. The summed E-state index contributed by atoms with van der Waals surface area (Å²) in [6.07, 6.45) is 6.41. The zero-order valence-electron chi connectivity index (χ0n) is 21.7. The van der Waals surface area contributed by atoms with E-state index in [9.17, 15) is 14.0 Å². The first-order valence-corrected chi connectivity index (χ1v) is 12.9. The normalized spacial score (nSPS) is 15.6. The van der Waals surface area contributed by atoms with E-state index in [1.165, 1.54) is 12.1 Å². The van der Waals surface area contributed by atoms with Crippen LogP contribution in [0.5, 0.6) is 5.75 Å². The maximum absolute atomic E-state index is 14.0. The van der Waals surface area contributed by atoms with Crippen molar-refractivity contribution in [3.05, 3.63) is 96.3 Å². The maximum atomic E-state index is 14.0. The zero-order valence-corrected chi connectivity index (χ0v) is 21.7. The number of amides is 2. The number of carbonyl (C=O) groups is 2. The summed E-state index contributed by atoms with van der Waals surface area (Å²) in [5.74, 6) is -0.337. The van der Waals surface area contributed by atoms with Gasteiger partial charge in [-0.05, 0) is 79.3 Å².